The van der Waals surface area contributed by atoms with Crippen molar-refractivity contribution in [2.24, 2.45) is 0 Å². The number of benzene rings is 12. The van der Waals surface area contributed by atoms with Crippen LogP contribution in [0.2, 0.25) is 0 Å². The zero-order valence-electron chi connectivity index (χ0n) is 81.1. The standard InChI is InChI=1S/4C32H24N2O.4Pt/c1-21-16-17-33-30(18-21)32(3)28-12-5-4-11-26(28)27-15-14-24(20-29(27)32)23-9-7-10-25(19-23)35-31-13-6-8-22(2)34-31;1-21-14-17-30(34-22(21)2)32(3)28-12-5-4-11-26(28)27-16-15-24(20-29(27)32)23-9-8-10-25(19-23)35-31-13-6-7-18-33-31;1-21-15-16-33-30(17-21)32(3)28-10-5-4-9-26(28)27-13-12-24(19-29(27)32)23-7-6-8-25(18-23)35-31-14-11-22(2)20-34-31;1-21-13-15-33-30(17-21)32(3)28-10-5-4-9-26(28)27-12-11-24(20-29(27)32)23-7-6-8-25(19-23)35-31-18-22(2)14-16-34-31;;;;/h2*4-18H,1-3H3;4-17,20H,1-3H3;4-18H,1-3H3;;;;/q4*-2;4*+2. The fourth-order valence-corrected chi connectivity index (χ4v) is 19.8. The summed E-state index contributed by atoms with van der Waals surface area (Å²) in [5.74, 6) is 4.71. The Bertz CT molecular complexity index is 7950. The molecule has 0 radical (unpaired) electrons. The second-order valence-electron chi connectivity index (χ2n) is 36.8. The van der Waals surface area contributed by atoms with Gasteiger partial charge in [0.25, 0.3) is 0 Å². The van der Waals surface area contributed by atoms with Crippen LogP contribution >= 0.6 is 0 Å². The predicted octanol–water partition coefficient (Wildman–Crippen LogP) is 29.9. The Morgan fingerprint density at radius 1 is 0.215 bits per heavy atom. The molecule has 0 spiro atoms. The predicted molar refractivity (Wildman–Crippen MR) is 554 cm³/mol. The van der Waals surface area contributed by atoms with Crippen molar-refractivity contribution in [3.05, 3.63) is 525 Å². The third kappa shape index (κ3) is 19.7. The molecule has 8 aromatic heterocycles. The van der Waals surface area contributed by atoms with Gasteiger partial charge in [-0.2, -0.15) is 97.1 Å². The minimum absolute atomic E-state index is 0. The van der Waals surface area contributed by atoms with E-state index in [1.807, 2.05) is 191 Å². The summed E-state index contributed by atoms with van der Waals surface area (Å²) in [4.78, 5) is 36.8. The Morgan fingerprint density at radius 3 is 0.882 bits per heavy atom. The van der Waals surface area contributed by atoms with Gasteiger partial charge in [-0.1, -0.05) is 166 Å². The molecule has 0 saturated heterocycles. The van der Waals surface area contributed by atoms with E-state index in [1.165, 1.54) is 89.0 Å². The molecule has 4 aliphatic carbocycles. The molecule has 12 aromatic carbocycles. The number of hydrogen-bond donors (Lipinski definition) is 0. The number of nitrogens with zero attached hydrogens (tertiary/aromatic N) is 8. The molecule has 144 heavy (non-hydrogen) atoms. The van der Waals surface area contributed by atoms with E-state index in [-0.39, 0.29) is 84.3 Å². The maximum Gasteiger partial charge on any atom is 2.00 e. The Kier molecular flexibility index (Phi) is 30.1. The van der Waals surface area contributed by atoms with Crippen LogP contribution in [0.1, 0.15) is 140 Å². The van der Waals surface area contributed by atoms with Gasteiger partial charge in [0.1, 0.15) is 0 Å². The van der Waals surface area contributed by atoms with E-state index in [2.05, 4.69) is 307 Å². The van der Waals surface area contributed by atoms with Gasteiger partial charge >= 0.3 is 84.3 Å². The number of fused-ring (bicyclic) bond motifs is 12. The Morgan fingerprint density at radius 2 is 0.535 bits per heavy atom. The Balaban J connectivity index is 0.000000130. The van der Waals surface area contributed by atoms with E-state index in [1.54, 1.807) is 18.6 Å². The SMILES string of the molecule is Cc1ccc(C2(C)c3[c-]c(-c4[c-]c(Oc5ccccn5)ccc4)ccc3-c3ccccc32)nc1C.Cc1ccc(Oc2[c-]c(-c3[c-]c4c(cc3)-c3ccccc3C4(C)c3cc(C)ccn3)ccc2)nc1.Cc1ccnc(C2(C)c3[c-]c(-c4[c-]c(Oc5cccc(C)n5)ccc4)ccc3-c3ccccc32)c1.Cc1ccnc(Oc2[c-]c(-c3[c-]c4c(cc3)-c3ccccc3C4(C)c3cc(C)ccn3)ccc2)c1.[Pt+2].[Pt+2].[Pt+2].[Pt+2]. The first-order valence-electron chi connectivity index (χ1n) is 47.0. The molecule has 4 aliphatic rings. The zero-order valence-corrected chi connectivity index (χ0v) is 90.2. The molecule has 4 atom stereocenters. The topological polar surface area (TPSA) is 140 Å². The van der Waals surface area contributed by atoms with Crippen LogP contribution < -0.4 is 18.9 Å². The van der Waals surface area contributed by atoms with E-state index in [0.29, 0.717) is 46.5 Å². The fraction of sp³-hybridized carbons (Fsp3) is 0.125. The molecule has 0 bridgehead atoms. The van der Waals surface area contributed by atoms with Gasteiger partial charge in [-0.3, -0.25) is 19.9 Å². The molecule has 0 amide bonds. The Labute approximate surface area is 900 Å². The zero-order chi connectivity index (χ0) is 96.0. The first kappa shape index (κ1) is 101. The molecular formula is C128H96N8O4Pt4. The van der Waals surface area contributed by atoms with Crippen LogP contribution in [0, 0.1) is 104 Å². The van der Waals surface area contributed by atoms with Crippen LogP contribution in [0.25, 0.3) is 89.0 Å². The molecule has 4 unspecified atom stereocenters. The number of pyridine rings is 8. The third-order valence-corrected chi connectivity index (χ3v) is 27.3. The monoisotopic (exact) mass is 2590 g/mol. The molecule has 0 saturated carbocycles. The van der Waals surface area contributed by atoms with Gasteiger partial charge in [0.2, 0.25) is 23.5 Å². The van der Waals surface area contributed by atoms with Crippen LogP contribution in [0.5, 0.6) is 46.5 Å². The van der Waals surface area contributed by atoms with Crippen LogP contribution in [0.3, 0.4) is 0 Å². The first-order chi connectivity index (χ1) is 68.1. The van der Waals surface area contributed by atoms with Crippen LogP contribution in [-0.4, -0.2) is 39.9 Å². The number of hydrogen-bond acceptors (Lipinski definition) is 12. The summed E-state index contributed by atoms with van der Waals surface area (Å²) < 4.78 is 23.9. The molecule has 24 rings (SSSR count). The van der Waals surface area contributed by atoms with Gasteiger partial charge in [-0.05, 0) is 199 Å². The van der Waals surface area contributed by atoms with Crippen molar-refractivity contribution in [1.29, 1.82) is 0 Å². The van der Waals surface area contributed by atoms with Crippen LogP contribution in [0.4, 0.5) is 0 Å². The number of aromatic nitrogens is 8. The number of ether oxygens (including phenoxy) is 4. The van der Waals surface area contributed by atoms with E-state index in [4.69, 9.17) is 38.9 Å². The average molecular weight is 2590 g/mol. The van der Waals surface area contributed by atoms with Crippen molar-refractivity contribution in [3.8, 4) is 136 Å². The average Bonchev–Trinajstić information content (AvgIpc) is 1.57. The maximum absolute atomic E-state index is 6.00. The summed E-state index contributed by atoms with van der Waals surface area (Å²) in [6.45, 7) is 25.5. The van der Waals surface area contributed by atoms with Crippen molar-refractivity contribution < 1.29 is 103 Å². The molecular weight excluding hydrogens is 2490 g/mol. The molecule has 12 nitrogen and oxygen atoms in total. The second kappa shape index (κ2) is 42.8. The van der Waals surface area contributed by atoms with Gasteiger partial charge in [0.05, 0.1) is 22.8 Å². The van der Waals surface area contributed by atoms with Crippen LogP contribution in [-0.2, 0) is 106 Å². The van der Waals surface area contributed by atoms with E-state index >= 15 is 0 Å². The number of rotatable bonds is 16. The van der Waals surface area contributed by atoms with Crippen molar-refractivity contribution in [2.75, 3.05) is 0 Å². The van der Waals surface area contributed by atoms with Crippen molar-refractivity contribution in [1.82, 2.24) is 39.9 Å². The second-order valence-corrected chi connectivity index (χ2v) is 36.8. The summed E-state index contributed by atoms with van der Waals surface area (Å²) in [5, 5.41) is 0. The Hall–Kier alpha value is -14.2. The van der Waals surface area contributed by atoms with Gasteiger partial charge in [0, 0.05) is 117 Å². The van der Waals surface area contributed by atoms with Crippen molar-refractivity contribution in [2.45, 2.75) is 105 Å². The van der Waals surface area contributed by atoms with Gasteiger partial charge in [-0.15, -0.1) is 95.1 Å². The summed E-state index contributed by atoms with van der Waals surface area (Å²) in [6, 6.07) is 140. The minimum Gasteiger partial charge on any atom is -0.460 e. The molecule has 0 fully saturated rings. The van der Waals surface area contributed by atoms with Gasteiger partial charge in [-0.25, -0.2) is 64.4 Å². The molecule has 0 N–H and O–H groups in total. The largest absolute Gasteiger partial charge is 2.00 e. The summed E-state index contributed by atoms with van der Waals surface area (Å²) in [5.41, 5.74) is 38.4. The molecule has 712 valence electrons. The van der Waals surface area contributed by atoms with Gasteiger partial charge in [0.15, 0.2) is 0 Å². The molecule has 20 aromatic rings. The molecule has 16 heteroatoms. The summed E-state index contributed by atoms with van der Waals surface area (Å²) in [6.07, 6.45) is 11.0. The summed E-state index contributed by atoms with van der Waals surface area (Å²) in [7, 11) is 0. The fourth-order valence-electron chi connectivity index (χ4n) is 19.8. The van der Waals surface area contributed by atoms with Crippen molar-refractivity contribution >= 4 is 0 Å². The molecule has 8 heterocycles. The van der Waals surface area contributed by atoms with Crippen LogP contribution in [0.15, 0.2) is 365 Å². The third-order valence-electron chi connectivity index (χ3n) is 27.3. The maximum atomic E-state index is 6.00. The minimum atomic E-state index is -0.400. The smallest absolute Gasteiger partial charge is 0.460 e. The number of aryl methyl sites for hydroxylation is 8. The normalized spacial score (nSPS) is 15.5. The van der Waals surface area contributed by atoms with E-state index in [0.717, 1.165) is 112 Å². The quantitative estimate of drug-likeness (QED) is 0.0851. The summed E-state index contributed by atoms with van der Waals surface area (Å²) >= 11 is 0. The molecule has 0 aliphatic heterocycles. The first-order valence-corrected chi connectivity index (χ1v) is 47.0. The van der Waals surface area contributed by atoms with E-state index < -0.39 is 21.7 Å². The van der Waals surface area contributed by atoms with E-state index in [9.17, 15) is 0 Å². The van der Waals surface area contributed by atoms with Crippen molar-refractivity contribution in [3.63, 3.8) is 0 Å². The van der Waals surface area contributed by atoms with Gasteiger partial charge < -0.3 is 18.9 Å².